The number of rotatable bonds is 1. The molecular weight excluding hydrogens is 162 g/mol. The second-order valence-electron chi connectivity index (χ2n) is 4.97. The lowest BCUT2D eigenvalue weighted by Gasteiger charge is -2.53. The summed E-state index contributed by atoms with van der Waals surface area (Å²) in [5.74, 6) is 0. The molecule has 0 amide bonds. The largest absolute Gasteiger partial charge is 0.305 e. The van der Waals surface area contributed by atoms with Gasteiger partial charge in [0.05, 0.1) is 0 Å². The van der Waals surface area contributed by atoms with E-state index in [0.717, 1.165) is 0 Å². The summed E-state index contributed by atoms with van der Waals surface area (Å²) in [5.41, 5.74) is 0.696. The molecule has 0 aliphatic carbocycles. The quantitative estimate of drug-likeness (QED) is 0.586. The van der Waals surface area contributed by atoms with Gasteiger partial charge in [0, 0.05) is 40.3 Å². The van der Waals surface area contributed by atoms with Crippen LogP contribution in [-0.4, -0.2) is 62.2 Å². The van der Waals surface area contributed by atoms with Gasteiger partial charge < -0.3 is 4.90 Å². The molecule has 0 unspecified atom stereocenters. The van der Waals surface area contributed by atoms with Gasteiger partial charge in [-0.1, -0.05) is 0 Å². The van der Waals surface area contributed by atoms with Crippen LogP contribution < -0.4 is 0 Å². The molecule has 0 aromatic carbocycles. The molecule has 0 N–H and O–H groups in total. The monoisotopic (exact) mass is 183 g/mol. The van der Waals surface area contributed by atoms with Crippen LogP contribution in [0.1, 0.15) is 12.8 Å². The number of hydrogen-bond donors (Lipinski definition) is 0. The molecule has 3 nitrogen and oxygen atoms in total. The molecule has 1 spiro atoms. The topological polar surface area (TPSA) is 9.72 Å². The van der Waals surface area contributed by atoms with Crippen molar-refractivity contribution in [1.82, 2.24) is 14.9 Å². The van der Waals surface area contributed by atoms with Crippen molar-refractivity contribution in [2.45, 2.75) is 12.8 Å². The maximum atomic E-state index is 2.45. The van der Waals surface area contributed by atoms with E-state index in [0.29, 0.717) is 5.41 Å². The molecule has 3 heteroatoms. The molecule has 0 saturated carbocycles. The minimum absolute atomic E-state index is 0.696. The molecule has 0 atom stereocenters. The second kappa shape index (κ2) is 3.23. The summed E-state index contributed by atoms with van der Waals surface area (Å²) >= 11 is 0. The summed E-state index contributed by atoms with van der Waals surface area (Å²) in [6, 6.07) is 0. The standard InChI is InChI=1S/C10H21N3/c1-11(2)13-6-4-10(5-7-13)8-12(3)9-10/h4-9H2,1-3H3. The zero-order chi connectivity index (χ0) is 9.47. The Morgan fingerprint density at radius 2 is 1.62 bits per heavy atom. The summed E-state index contributed by atoms with van der Waals surface area (Å²) in [6.07, 6.45) is 2.77. The number of piperidine rings is 1. The average Bonchev–Trinajstić information content (AvgIpc) is 2.03. The Balaban J connectivity index is 1.83. The number of nitrogens with zero attached hydrogens (tertiary/aromatic N) is 3. The van der Waals surface area contributed by atoms with Gasteiger partial charge in [0.25, 0.3) is 0 Å². The van der Waals surface area contributed by atoms with E-state index in [-0.39, 0.29) is 0 Å². The first-order valence-corrected chi connectivity index (χ1v) is 5.22. The van der Waals surface area contributed by atoms with E-state index in [2.05, 4.69) is 36.1 Å². The highest BCUT2D eigenvalue weighted by Crippen LogP contribution is 2.39. The van der Waals surface area contributed by atoms with E-state index in [9.17, 15) is 0 Å². The molecule has 2 rings (SSSR count). The Hall–Kier alpha value is -0.120. The highest BCUT2D eigenvalue weighted by atomic mass is 15.6. The van der Waals surface area contributed by atoms with Gasteiger partial charge in [-0.05, 0) is 25.3 Å². The molecule has 2 aliphatic heterocycles. The molecule has 0 bridgehead atoms. The third-order valence-electron chi connectivity index (χ3n) is 3.58. The predicted octanol–water partition coefficient (Wildman–Crippen LogP) is 0.491. The van der Waals surface area contributed by atoms with Gasteiger partial charge in [-0.2, -0.15) is 0 Å². The molecule has 13 heavy (non-hydrogen) atoms. The van der Waals surface area contributed by atoms with Gasteiger partial charge in [-0.15, -0.1) is 0 Å². The highest BCUT2D eigenvalue weighted by molar-refractivity contribution is 4.96. The van der Waals surface area contributed by atoms with Crippen molar-refractivity contribution in [3.05, 3.63) is 0 Å². The van der Waals surface area contributed by atoms with Crippen molar-refractivity contribution in [3.8, 4) is 0 Å². The second-order valence-corrected chi connectivity index (χ2v) is 4.97. The SMILES string of the molecule is CN1CC2(CCN(N(C)C)CC2)C1. The van der Waals surface area contributed by atoms with E-state index in [4.69, 9.17) is 0 Å². The van der Waals surface area contributed by atoms with Gasteiger partial charge in [0.1, 0.15) is 0 Å². The summed E-state index contributed by atoms with van der Waals surface area (Å²) in [7, 11) is 6.51. The third-order valence-corrected chi connectivity index (χ3v) is 3.58. The Labute approximate surface area is 81.3 Å². The number of likely N-dealkylation sites (tertiary alicyclic amines) is 1. The first-order chi connectivity index (χ1) is 6.11. The fourth-order valence-corrected chi connectivity index (χ4v) is 2.78. The Morgan fingerprint density at radius 3 is 2.00 bits per heavy atom. The van der Waals surface area contributed by atoms with Crippen LogP contribution in [0.25, 0.3) is 0 Å². The van der Waals surface area contributed by atoms with Crippen molar-refractivity contribution < 1.29 is 0 Å². The van der Waals surface area contributed by atoms with Crippen LogP contribution in [0.2, 0.25) is 0 Å². The van der Waals surface area contributed by atoms with Crippen molar-refractivity contribution >= 4 is 0 Å². The highest BCUT2D eigenvalue weighted by Gasteiger charge is 2.43. The van der Waals surface area contributed by atoms with Gasteiger partial charge in [-0.25, -0.2) is 10.0 Å². The Bertz CT molecular complexity index is 175. The minimum Gasteiger partial charge on any atom is -0.305 e. The van der Waals surface area contributed by atoms with Crippen molar-refractivity contribution in [3.63, 3.8) is 0 Å². The Morgan fingerprint density at radius 1 is 1.08 bits per heavy atom. The van der Waals surface area contributed by atoms with Crippen LogP contribution >= 0.6 is 0 Å². The number of hydrogen-bond acceptors (Lipinski definition) is 3. The van der Waals surface area contributed by atoms with E-state index in [1.165, 1.54) is 39.0 Å². The average molecular weight is 183 g/mol. The predicted molar refractivity (Wildman–Crippen MR) is 54.4 cm³/mol. The molecule has 2 aliphatic rings. The maximum Gasteiger partial charge on any atom is 0.0139 e. The zero-order valence-electron chi connectivity index (χ0n) is 9.08. The molecular formula is C10H21N3. The lowest BCUT2D eigenvalue weighted by molar-refractivity contribution is -0.0834. The lowest BCUT2D eigenvalue weighted by Crippen LogP contribution is -2.59. The fraction of sp³-hybridized carbons (Fsp3) is 1.00. The van der Waals surface area contributed by atoms with Crippen LogP contribution in [-0.2, 0) is 0 Å². The smallest absolute Gasteiger partial charge is 0.0139 e. The molecule has 0 aromatic heterocycles. The van der Waals surface area contributed by atoms with Gasteiger partial charge >= 0.3 is 0 Å². The van der Waals surface area contributed by atoms with Gasteiger partial charge in [0.15, 0.2) is 0 Å². The summed E-state index contributed by atoms with van der Waals surface area (Å²) < 4.78 is 0. The molecule has 2 saturated heterocycles. The summed E-state index contributed by atoms with van der Waals surface area (Å²) in [4.78, 5) is 2.44. The molecule has 2 fully saturated rings. The van der Waals surface area contributed by atoms with E-state index < -0.39 is 0 Å². The number of hydrazine groups is 1. The lowest BCUT2D eigenvalue weighted by atomic mass is 9.72. The van der Waals surface area contributed by atoms with E-state index >= 15 is 0 Å². The van der Waals surface area contributed by atoms with Crippen molar-refractivity contribution in [1.29, 1.82) is 0 Å². The first-order valence-electron chi connectivity index (χ1n) is 5.22. The summed E-state index contributed by atoms with van der Waals surface area (Å²) in [5, 5.41) is 4.68. The van der Waals surface area contributed by atoms with Crippen LogP contribution in [0, 0.1) is 5.41 Å². The van der Waals surface area contributed by atoms with Crippen LogP contribution in [0.4, 0.5) is 0 Å². The fourth-order valence-electron chi connectivity index (χ4n) is 2.78. The summed E-state index contributed by atoms with van der Waals surface area (Å²) in [6.45, 7) is 5.16. The van der Waals surface area contributed by atoms with Crippen molar-refractivity contribution in [2.24, 2.45) is 5.41 Å². The molecule has 0 radical (unpaired) electrons. The van der Waals surface area contributed by atoms with E-state index in [1.807, 2.05) is 0 Å². The normalized spacial score (nSPS) is 29.5. The maximum absolute atomic E-state index is 2.45. The molecule has 76 valence electrons. The minimum atomic E-state index is 0.696. The van der Waals surface area contributed by atoms with Gasteiger partial charge in [0.2, 0.25) is 0 Å². The van der Waals surface area contributed by atoms with Crippen molar-refractivity contribution in [2.75, 3.05) is 47.3 Å². The zero-order valence-corrected chi connectivity index (χ0v) is 9.08. The third kappa shape index (κ3) is 1.73. The van der Waals surface area contributed by atoms with E-state index in [1.54, 1.807) is 0 Å². The first kappa shape index (κ1) is 9.44. The van der Waals surface area contributed by atoms with Gasteiger partial charge in [-0.3, -0.25) is 0 Å². The van der Waals surface area contributed by atoms with Crippen LogP contribution in [0.3, 0.4) is 0 Å². The Kier molecular flexibility index (Phi) is 2.34. The van der Waals surface area contributed by atoms with Crippen LogP contribution in [0.5, 0.6) is 0 Å². The molecule has 2 heterocycles. The molecule has 0 aromatic rings. The van der Waals surface area contributed by atoms with Crippen LogP contribution in [0.15, 0.2) is 0 Å².